The molecule has 258 valence electrons. The topological polar surface area (TPSA) is 92.1 Å². The molecule has 3 saturated heterocycles. The number of hydrogen-bond donors (Lipinski definition) is 0. The molecular weight excluding hydrogens is 607 g/mol. The fourth-order valence-electron chi connectivity index (χ4n) is 7.94. The number of piperazine rings is 1. The van der Waals surface area contributed by atoms with Gasteiger partial charge in [0.1, 0.15) is 12.0 Å². The normalized spacial score (nSPS) is 24.2. The summed E-state index contributed by atoms with van der Waals surface area (Å²) in [6.45, 7) is 13.0. The van der Waals surface area contributed by atoms with Gasteiger partial charge in [-0.3, -0.25) is 9.69 Å². The van der Waals surface area contributed by atoms with Gasteiger partial charge < -0.3 is 24.3 Å². The molecule has 0 N–H and O–H groups in total. The van der Waals surface area contributed by atoms with Crippen LogP contribution < -0.4 is 14.5 Å². The van der Waals surface area contributed by atoms with Gasteiger partial charge >= 0.3 is 6.01 Å². The maximum absolute atomic E-state index is 13.6. The molecular formula is C37H51FN8O2. The van der Waals surface area contributed by atoms with Crippen LogP contribution in [0, 0.1) is 31.1 Å². The number of rotatable bonds is 10. The monoisotopic (exact) mass is 658 g/mol. The molecule has 3 fully saturated rings. The summed E-state index contributed by atoms with van der Waals surface area (Å²) in [6.07, 6.45) is 6.60. The van der Waals surface area contributed by atoms with Crippen LogP contribution >= 0.6 is 0 Å². The molecule has 10 nitrogen and oxygen atoms in total. The van der Waals surface area contributed by atoms with Crippen LogP contribution in [0.3, 0.4) is 0 Å². The van der Waals surface area contributed by atoms with Crippen LogP contribution in [0.5, 0.6) is 6.01 Å². The summed E-state index contributed by atoms with van der Waals surface area (Å²) in [5.74, 6) is 1.11. The Kier molecular flexibility index (Phi) is 10.8. The van der Waals surface area contributed by atoms with E-state index in [1.165, 1.54) is 29.7 Å². The number of likely N-dealkylation sites (tertiary alicyclic amines) is 2. The highest BCUT2D eigenvalue weighted by Crippen LogP contribution is 2.34. The second-order valence-electron chi connectivity index (χ2n) is 14.2. The van der Waals surface area contributed by atoms with Crippen LogP contribution in [0.1, 0.15) is 55.0 Å². The van der Waals surface area contributed by atoms with Gasteiger partial charge in [0, 0.05) is 75.1 Å². The molecule has 48 heavy (non-hydrogen) atoms. The first-order chi connectivity index (χ1) is 23.2. The van der Waals surface area contributed by atoms with E-state index in [0.29, 0.717) is 76.8 Å². The minimum Gasteiger partial charge on any atom is -0.463 e. The summed E-state index contributed by atoms with van der Waals surface area (Å²) in [5.41, 5.74) is 5.88. The number of nitrogens with zero attached hydrogens (tertiary/aromatic N) is 8. The Labute approximate surface area is 285 Å². The van der Waals surface area contributed by atoms with E-state index in [9.17, 15) is 14.4 Å². The Balaban J connectivity index is 1.22. The maximum Gasteiger partial charge on any atom is 0.318 e. The van der Waals surface area contributed by atoms with Gasteiger partial charge in [-0.2, -0.15) is 15.2 Å². The summed E-state index contributed by atoms with van der Waals surface area (Å²) in [6, 6.07) is 9.38. The largest absolute Gasteiger partial charge is 0.463 e. The number of benzene rings is 1. The van der Waals surface area contributed by atoms with Crippen molar-refractivity contribution in [3.8, 4) is 12.1 Å². The zero-order valence-corrected chi connectivity index (χ0v) is 29.1. The third-order valence-electron chi connectivity index (χ3n) is 10.9. The minimum absolute atomic E-state index is 0.102. The SMILES string of the molecule is Cc1cccc(N2CCc3c(nc(OC[C@H](C)[C@@H]4CCCN4C)nc3N3CCN(C(=O)/C=C/CN4CCC(F)C4)[C@@H](CC#N)C3)C2)c1C. The number of amides is 1. The molecule has 0 saturated carbocycles. The molecule has 0 spiro atoms. The highest BCUT2D eigenvalue weighted by Gasteiger charge is 2.34. The number of aryl methyl sites for hydroxylation is 1. The molecule has 5 heterocycles. The van der Waals surface area contributed by atoms with Gasteiger partial charge in [-0.15, -0.1) is 0 Å². The van der Waals surface area contributed by atoms with E-state index in [-0.39, 0.29) is 18.4 Å². The van der Waals surface area contributed by atoms with Gasteiger partial charge in [-0.1, -0.05) is 25.1 Å². The lowest BCUT2D eigenvalue weighted by Crippen LogP contribution is -2.55. The summed E-state index contributed by atoms with van der Waals surface area (Å²) in [5, 5.41) is 9.74. The predicted octanol–water partition coefficient (Wildman–Crippen LogP) is 4.30. The Morgan fingerprint density at radius 1 is 1.12 bits per heavy atom. The highest BCUT2D eigenvalue weighted by atomic mass is 19.1. The number of carbonyl (C=O) groups excluding carboxylic acids is 1. The van der Waals surface area contributed by atoms with Crippen LogP contribution in [0.4, 0.5) is 15.9 Å². The smallest absolute Gasteiger partial charge is 0.318 e. The van der Waals surface area contributed by atoms with Gasteiger partial charge in [-0.25, -0.2) is 4.39 Å². The van der Waals surface area contributed by atoms with Crippen molar-refractivity contribution in [2.24, 2.45) is 5.92 Å². The summed E-state index contributed by atoms with van der Waals surface area (Å²) in [7, 11) is 2.19. The van der Waals surface area contributed by atoms with Crippen molar-refractivity contribution in [3.05, 3.63) is 52.7 Å². The van der Waals surface area contributed by atoms with Crippen molar-refractivity contribution in [2.75, 3.05) is 75.8 Å². The third kappa shape index (κ3) is 7.60. The van der Waals surface area contributed by atoms with Crippen molar-refractivity contribution in [3.63, 3.8) is 0 Å². The van der Waals surface area contributed by atoms with Crippen LogP contribution in [-0.2, 0) is 17.8 Å². The van der Waals surface area contributed by atoms with Crippen molar-refractivity contribution in [1.29, 1.82) is 5.26 Å². The highest BCUT2D eigenvalue weighted by molar-refractivity contribution is 5.88. The average Bonchev–Trinajstić information content (AvgIpc) is 3.71. The Hall–Kier alpha value is -3.75. The number of aromatic nitrogens is 2. The number of hydrogen-bond acceptors (Lipinski definition) is 9. The van der Waals surface area contributed by atoms with Gasteiger partial charge in [0.25, 0.3) is 0 Å². The molecule has 1 unspecified atom stereocenters. The Morgan fingerprint density at radius 2 is 1.98 bits per heavy atom. The zero-order valence-electron chi connectivity index (χ0n) is 29.1. The third-order valence-corrected chi connectivity index (χ3v) is 10.9. The van der Waals surface area contributed by atoms with E-state index in [2.05, 4.69) is 66.8 Å². The summed E-state index contributed by atoms with van der Waals surface area (Å²) >= 11 is 0. The number of nitriles is 1. The van der Waals surface area contributed by atoms with Gasteiger partial charge in [0.15, 0.2) is 0 Å². The van der Waals surface area contributed by atoms with Crippen molar-refractivity contribution >= 4 is 17.4 Å². The fraction of sp³-hybridized carbons (Fsp3) is 0.622. The van der Waals surface area contributed by atoms with Crippen molar-refractivity contribution in [2.45, 2.75) is 77.7 Å². The first kappa shape index (κ1) is 34.1. The first-order valence-electron chi connectivity index (χ1n) is 17.7. The van der Waals surface area contributed by atoms with Crippen LogP contribution in [0.15, 0.2) is 30.4 Å². The van der Waals surface area contributed by atoms with E-state index in [1.54, 1.807) is 6.08 Å². The molecule has 0 bridgehead atoms. The molecule has 2 aromatic rings. The van der Waals surface area contributed by atoms with E-state index in [4.69, 9.17) is 14.7 Å². The van der Waals surface area contributed by atoms with Gasteiger partial charge in [-0.05, 0) is 70.3 Å². The maximum atomic E-state index is 13.6. The van der Waals surface area contributed by atoms with E-state index in [0.717, 1.165) is 36.6 Å². The lowest BCUT2D eigenvalue weighted by atomic mass is 10.0. The fourth-order valence-corrected chi connectivity index (χ4v) is 7.94. The summed E-state index contributed by atoms with van der Waals surface area (Å²) < 4.78 is 20.0. The number of fused-ring (bicyclic) bond motifs is 1. The van der Waals surface area contributed by atoms with E-state index < -0.39 is 6.17 Å². The number of alkyl halides is 1. The van der Waals surface area contributed by atoms with Crippen LogP contribution in [0.25, 0.3) is 0 Å². The molecule has 0 aliphatic carbocycles. The van der Waals surface area contributed by atoms with E-state index >= 15 is 0 Å². The molecule has 4 aliphatic rings. The number of halogens is 1. The molecule has 1 aromatic heterocycles. The van der Waals surface area contributed by atoms with E-state index in [1.807, 2.05) is 15.9 Å². The van der Waals surface area contributed by atoms with Gasteiger partial charge in [0.2, 0.25) is 5.91 Å². The number of anilines is 2. The van der Waals surface area contributed by atoms with Crippen LogP contribution in [-0.4, -0.2) is 115 Å². The predicted molar refractivity (Wildman–Crippen MR) is 186 cm³/mol. The van der Waals surface area contributed by atoms with Crippen LogP contribution in [0.2, 0.25) is 0 Å². The molecule has 1 amide bonds. The first-order valence-corrected chi connectivity index (χ1v) is 17.7. The molecule has 1 aromatic carbocycles. The minimum atomic E-state index is -0.784. The molecule has 6 rings (SSSR count). The molecule has 11 heteroatoms. The molecule has 4 aliphatic heterocycles. The molecule has 4 atom stereocenters. The number of ether oxygens (including phenoxy) is 1. The van der Waals surface area contributed by atoms with Gasteiger partial charge in [0.05, 0.1) is 37.4 Å². The Bertz CT molecular complexity index is 1530. The van der Waals surface area contributed by atoms with Crippen molar-refractivity contribution in [1.82, 2.24) is 24.7 Å². The second kappa shape index (κ2) is 15.2. The van der Waals surface area contributed by atoms with Crippen molar-refractivity contribution < 1.29 is 13.9 Å². The summed E-state index contributed by atoms with van der Waals surface area (Å²) in [4.78, 5) is 34.3. The number of carbonyl (C=O) groups is 1. The quantitative estimate of drug-likeness (QED) is 0.347. The lowest BCUT2D eigenvalue weighted by Gasteiger charge is -2.42. The zero-order chi connectivity index (χ0) is 33.8. The molecule has 0 radical (unpaired) electrons. The lowest BCUT2D eigenvalue weighted by molar-refractivity contribution is -0.128. The second-order valence-corrected chi connectivity index (χ2v) is 14.2. The standard InChI is InChI=1S/C37H51FN8O2/c1-26-8-5-9-34(28(26)3)44-19-14-31-32(24-44)40-37(48-25-27(2)33-10-6-16-42(33)4)41-36(31)45-20-21-46(30(23-45)12-15-39)35(47)11-7-17-43-18-13-29(38)22-43/h5,7-9,11,27,29-30,33H,6,10,12-14,16-25H2,1-4H3/b11-7+/t27-,29?,30-,33-/m0/s1. The average molecular weight is 659 g/mol. The Morgan fingerprint density at radius 3 is 2.73 bits per heavy atom.